The predicted octanol–water partition coefficient (Wildman–Crippen LogP) is 10.3. The number of allylic oxidation sites excluding steroid dienone is 2. The van der Waals surface area contributed by atoms with Crippen LogP contribution in [0.3, 0.4) is 0 Å². The van der Waals surface area contributed by atoms with E-state index in [4.69, 9.17) is 9.47 Å². The molecule has 0 aromatic heterocycles. The Balaban J connectivity index is 1.14. The van der Waals surface area contributed by atoms with E-state index in [2.05, 4.69) is 103 Å². The molecule has 252 valence electrons. The fourth-order valence-corrected chi connectivity index (χ4v) is 6.16. The van der Waals surface area contributed by atoms with Crippen LogP contribution in [0, 0.1) is 5.92 Å². The molecular weight excluding hydrogens is 617 g/mol. The monoisotopic (exact) mass is 660 g/mol. The van der Waals surface area contributed by atoms with Gasteiger partial charge in [0.25, 0.3) is 0 Å². The van der Waals surface area contributed by atoms with Gasteiger partial charge < -0.3 is 19.7 Å². The third-order valence-electron chi connectivity index (χ3n) is 9.09. The van der Waals surface area contributed by atoms with Crippen molar-refractivity contribution in [3.8, 4) is 5.75 Å². The van der Waals surface area contributed by atoms with Crippen LogP contribution in [0.15, 0.2) is 163 Å². The molecule has 1 heterocycles. The first-order valence-corrected chi connectivity index (χ1v) is 17.4. The Morgan fingerprint density at radius 3 is 1.82 bits per heavy atom. The van der Waals surface area contributed by atoms with E-state index in [0.29, 0.717) is 19.7 Å². The van der Waals surface area contributed by atoms with Gasteiger partial charge in [0, 0.05) is 24.5 Å². The van der Waals surface area contributed by atoms with Crippen LogP contribution in [0.4, 0.5) is 10.5 Å². The quantitative estimate of drug-likeness (QED) is 0.101. The standard InChI is InChI=1S/C45H44N2O3/c1-2-39(40-28-30-47(31-29-40)45(48)50-34-38-16-10-5-11-17-38)32-44(41-22-26-43(27-23-41)49-33-37-14-8-4-9-15-37)46-42-24-20-36(21-25-42)19-18-35-12-6-3-7-13-35/h3-17,20-27,32,40,46H,1,18-19,28-31,33-34H2/b44-32-. The molecule has 1 aliphatic rings. The summed E-state index contributed by atoms with van der Waals surface area (Å²) in [5, 5.41) is 3.68. The molecule has 0 saturated carbocycles. The topological polar surface area (TPSA) is 50.8 Å². The van der Waals surface area contributed by atoms with E-state index in [1.165, 1.54) is 11.1 Å². The molecule has 0 radical (unpaired) electrons. The lowest BCUT2D eigenvalue weighted by molar-refractivity contribution is 0.0850. The summed E-state index contributed by atoms with van der Waals surface area (Å²) in [5.74, 6) is 1.03. The number of likely N-dealkylation sites (tertiary alicyclic amines) is 1. The number of carbonyl (C=O) groups excluding carboxylic acids is 1. The number of hydrogen-bond acceptors (Lipinski definition) is 4. The lowest BCUT2D eigenvalue weighted by Crippen LogP contribution is -2.39. The highest BCUT2D eigenvalue weighted by molar-refractivity contribution is 5.79. The molecule has 0 bridgehead atoms. The fourth-order valence-electron chi connectivity index (χ4n) is 6.16. The third kappa shape index (κ3) is 9.88. The van der Waals surface area contributed by atoms with Gasteiger partial charge in [-0.3, -0.25) is 0 Å². The lowest BCUT2D eigenvalue weighted by Gasteiger charge is -2.31. The minimum atomic E-state index is -0.267. The zero-order chi connectivity index (χ0) is 34.4. The van der Waals surface area contributed by atoms with Gasteiger partial charge >= 0.3 is 6.09 Å². The normalized spacial score (nSPS) is 13.3. The Kier molecular flexibility index (Phi) is 12.0. The summed E-state index contributed by atoms with van der Waals surface area (Å²) < 4.78 is 11.7. The zero-order valence-corrected chi connectivity index (χ0v) is 28.5. The van der Waals surface area contributed by atoms with Crippen LogP contribution < -0.4 is 10.1 Å². The first-order chi connectivity index (χ1) is 24.6. The Morgan fingerprint density at radius 2 is 1.24 bits per heavy atom. The molecule has 0 unspecified atom stereocenters. The molecule has 1 amide bonds. The second-order valence-corrected chi connectivity index (χ2v) is 12.6. The van der Waals surface area contributed by atoms with Crippen LogP contribution in [0.1, 0.15) is 40.7 Å². The molecule has 5 heteroatoms. The van der Waals surface area contributed by atoms with Crippen molar-refractivity contribution >= 4 is 17.5 Å². The van der Waals surface area contributed by atoms with Crippen molar-refractivity contribution in [1.29, 1.82) is 0 Å². The number of hydrogen-bond donors (Lipinski definition) is 1. The summed E-state index contributed by atoms with van der Waals surface area (Å²) in [6, 6.07) is 47.4. The Hall–Kier alpha value is -5.77. The fraction of sp³-hybridized carbons (Fsp3) is 0.200. The summed E-state index contributed by atoms with van der Waals surface area (Å²) in [6.07, 6.45) is 5.50. The molecule has 5 aromatic rings. The van der Waals surface area contributed by atoms with E-state index in [0.717, 1.165) is 65.1 Å². The number of benzene rings is 5. The van der Waals surface area contributed by atoms with Crippen LogP contribution in [-0.4, -0.2) is 24.1 Å². The van der Waals surface area contributed by atoms with Gasteiger partial charge in [-0.1, -0.05) is 110 Å². The highest BCUT2D eigenvalue weighted by Gasteiger charge is 2.26. The van der Waals surface area contributed by atoms with Crippen LogP contribution in [0.2, 0.25) is 0 Å². The number of nitrogens with zero attached hydrogens (tertiary/aromatic N) is 1. The first kappa shape index (κ1) is 34.1. The largest absolute Gasteiger partial charge is 0.489 e. The molecule has 1 fully saturated rings. The SMILES string of the molecule is C=C=C(/C=C(\Nc1ccc(CCc2ccccc2)cc1)c1ccc(OCc2ccccc2)cc1)C1CCN(C(=O)OCc2ccccc2)CC1. The van der Waals surface area contributed by atoms with Crippen molar-refractivity contribution in [3.63, 3.8) is 0 Å². The average molecular weight is 661 g/mol. The number of rotatable bonds is 13. The maximum Gasteiger partial charge on any atom is 0.410 e. The number of carbonyl (C=O) groups is 1. The van der Waals surface area contributed by atoms with Gasteiger partial charge in [0.05, 0.1) is 0 Å². The van der Waals surface area contributed by atoms with Crippen LogP contribution in [-0.2, 0) is 30.8 Å². The Bertz CT molecular complexity index is 1870. The van der Waals surface area contributed by atoms with Gasteiger partial charge in [0.1, 0.15) is 19.0 Å². The zero-order valence-electron chi connectivity index (χ0n) is 28.5. The van der Waals surface area contributed by atoms with E-state index in [1.54, 1.807) is 4.90 Å². The molecule has 1 aliphatic heterocycles. The van der Waals surface area contributed by atoms with Crippen molar-refractivity contribution in [1.82, 2.24) is 4.90 Å². The molecule has 0 spiro atoms. The van der Waals surface area contributed by atoms with Crippen LogP contribution >= 0.6 is 0 Å². The smallest absolute Gasteiger partial charge is 0.410 e. The molecule has 1 N–H and O–H groups in total. The molecule has 1 saturated heterocycles. The van der Waals surface area contributed by atoms with Crippen molar-refractivity contribution in [2.24, 2.45) is 5.92 Å². The van der Waals surface area contributed by atoms with Crippen molar-refractivity contribution in [2.75, 3.05) is 18.4 Å². The van der Waals surface area contributed by atoms with Crippen molar-refractivity contribution in [2.45, 2.75) is 38.9 Å². The molecule has 0 atom stereocenters. The summed E-state index contributed by atoms with van der Waals surface area (Å²) in [6.45, 7) is 6.11. The van der Waals surface area contributed by atoms with E-state index in [9.17, 15) is 4.79 Å². The number of aryl methyl sites for hydroxylation is 2. The predicted molar refractivity (Wildman–Crippen MR) is 203 cm³/mol. The highest BCUT2D eigenvalue weighted by atomic mass is 16.6. The highest BCUT2D eigenvalue weighted by Crippen LogP contribution is 2.30. The summed E-state index contributed by atoms with van der Waals surface area (Å²) in [7, 11) is 0. The second kappa shape index (κ2) is 17.6. The van der Waals surface area contributed by atoms with Crippen molar-refractivity contribution in [3.05, 3.63) is 191 Å². The summed E-state index contributed by atoms with van der Waals surface area (Å²) in [5.41, 5.74) is 12.0. The molecule has 0 aliphatic carbocycles. The molecule has 6 rings (SSSR count). The maximum absolute atomic E-state index is 12.8. The minimum Gasteiger partial charge on any atom is -0.489 e. The van der Waals surface area contributed by atoms with Gasteiger partial charge in [-0.25, -0.2) is 4.79 Å². The summed E-state index contributed by atoms with van der Waals surface area (Å²) >= 11 is 0. The van der Waals surface area contributed by atoms with E-state index in [1.807, 2.05) is 60.7 Å². The van der Waals surface area contributed by atoms with Gasteiger partial charge in [0.15, 0.2) is 0 Å². The number of ether oxygens (including phenoxy) is 2. The second-order valence-electron chi connectivity index (χ2n) is 12.6. The van der Waals surface area contributed by atoms with Gasteiger partial charge in [-0.15, -0.1) is 5.73 Å². The number of piperidine rings is 1. The number of amides is 1. The van der Waals surface area contributed by atoms with Crippen LogP contribution in [0.25, 0.3) is 5.70 Å². The molecule has 5 aromatic carbocycles. The molecule has 50 heavy (non-hydrogen) atoms. The van der Waals surface area contributed by atoms with Gasteiger partial charge in [-0.05, 0) is 107 Å². The minimum absolute atomic E-state index is 0.219. The Labute approximate surface area is 296 Å². The van der Waals surface area contributed by atoms with E-state index < -0.39 is 0 Å². The Morgan fingerprint density at radius 1 is 0.700 bits per heavy atom. The first-order valence-electron chi connectivity index (χ1n) is 17.4. The molecule has 5 nitrogen and oxygen atoms in total. The van der Waals surface area contributed by atoms with Gasteiger partial charge in [-0.2, -0.15) is 0 Å². The maximum atomic E-state index is 12.8. The number of anilines is 1. The third-order valence-corrected chi connectivity index (χ3v) is 9.09. The summed E-state index contributed by atoms with van der Waals surface area (Å²) in [4.78, 5) is 14.6. The van der Waals surface area contributed by atoms with E-state index >= 15 is 0 Å². The van der Waals surface area contributed by atoms with E-state index in [-0.39, 0.29) is 18.6 Å². The lowest BCUT2D eigenvalue weighted by atomic mass is 9.88. The average Bonchev–Trinajstić information content (AvgIpc) is 3.19. The van der Waals surface area contributed by atoms with Gasteiger partial charge in [0.2, 0.25) is 0 Å². The molecular formula is C45H44N2O3. The number of nitrogens with one attached hydrogen (secondary N) is 1. The van der Waals surface area contributed by atoms with Crippen LogP contribution in [0.5, 0.6) is 5.75 Å². The van der Waals surface area contributed by atoms with Crippen molar-refractivity contribution < 1.29 is 14.3 Å².